The van der Waals surface area contributed by atoms with Crippen LogP contribution >= 0.6 is 23.4 Å². The Labute approximate surface area is 158 Å². The summed E-state index contributed by atoms with van der Waals surface area (Å²) >= 11 is 7.43. The van der Waals surface area contributed by atoms with E-state index in [-0.39, 0.29) is 5.82 Å². The zero-order chi connectivity index (χ0) is 18.1. The summed E-state index contributed by atoms with van der Waals surface area (Å²) in [5, 5.41) is 11.2. The van der Waals surface area contributed by atoms with E-state index < -0.39 is 0 Å². The smallest absolute Gasteiger partial charge is 0.197 e. The molecule has 0 aliphatic rings. The number of nitrogens with zero attached hydrogens (tertiary/aromatic N) is 5. The molecule has 0 aliphatic heterocycles. The minimum absolute atomic E-state index is 0.328. The van der Waals surface area contributed by atoms with E-state index in [2.05, 4.69) is 20.2 Å². The molecule has 0 spiro atoms. The molecular weight excluding hydrogens is 373 g/mol. The Bertz CT molecular complexity index is 1100. The lowest BCUT2D eigenvalue weighted by molar-refractivity contribution is 0.629. The minimum atomic E-state index is -0.328. The average Bonchev–Trinajstić information content (AvgIpc) is 3.05. The van der Waals surface area contributed by atoms with Gasteiger partial charge in [-0.15, -0.1) is 10.2 Å². The van der Waals surface area contributed by atoms with E-state index in [1.165, 1.54) is 30.2 Å². The fraction of sp³-hybridized carbons (Fsp3) is 0.111. The maximum absolute atomic E-state index is 13.7. The summed E-state index contributed by atoms with van der Waals surface area (Å²) < 4.78 is 15.6. The molecular formula is C18H13ClFN5S. The zero-order valence-corrected chi connectivity index (χ0v) is 15.3. The lowest BCUT2D eigenvalue weighted by atomic mass is 10.2. The Morgan fingerprint density at radius 1 is 1.12 bits per heavy atom. The van der Waals surface area contributed by atoms with Crippen molar-refractivity contribution in [1.82, 2.24) is 24.7 Å². The van der Waals surface area contributed by atoms with Crippen molar-refractivity contribution >= 4 is 34.3 Å². The first kappa shape index (κ1) is 16.9. The van der Waals surface area contributed by atoms with Crippen molar-refractivity contribution in [2.45, 2.75) is 23.7 Å². The molecule has 0 radical (unpaired) electrons. The molecule has 8 heteroatoms. The van der Waals surface area contributed by atoms with Gasteiger partial charge in [0.25, 0.3) is 0 Å². The first-order valence-corrected chi connectivity index (χ1v) is 9.12. The van der Waals surface area contributed by atoms with Crippen LogP contribution in [0.5, 0.6) is 0 Å². The van der Waals surface area contributed by atoms with Crippen LogP contribution in [0.25, 0.3) is 22.3 Å². The number of fused-ring (bicyclic) bond motifs is 1. The number of hydrogen-bond acceptors (Lipinski definition) is 5. The van der Waals surface area contributed by atoms with E-state index in [9.17, 15) is 4.39 Å². The Morgan fingerprint density at radius 2 is 2.00 bits per heavy atom. The molecule has 130 valence electrons. The summed E-state index contributed by atoms with van der Waals surface area (Å²) in [6.07, 6.45) is 1.47. The Balaban J connectivity index is 1.77. The van der Waals surface area contributed by atoms with E-state index in [0.29, 0.717) is 32.7 Å². The summed E-state index contributed by atoms with van der Waals surface area (Å²) in [6, 6.07) is 11.9. The number of hydrogen-bond donors (Lipinski definition) is 0. The average molecular weight is 386 g/mol. The lowest BCUT2D eigenvalue weighted by Gasteiger charge is -2.08. The van der Waals surface area contributed by atoms with Gasteiger partial charge >= 0.3 is 0 Å². The third kappa shape index (κ3) is 3.15. The van der Waals surface area contributed by atoms with Crippen molar-refractivity contribution in [3.8, 4) is 11.4 Å². The maximum Gasteiger partial charge on any atom is 0.197 e. The summed E-state index contributed by atoms with van der Waals surface area (Å²) in [5.41, 5.74) is 1.57. The second-order valence-electron chi connectivity index (χ2n) is 5.50. The van der Waals surface area contributed by atoms with Crippen LogP contribution in [-0.4, -0.2) is 24.7 Å². The molecule has 26 heavy (non-hydrogen) atoms. The van der Waals surface area contributed by atoms with Crippen molar-refractivity contribution in [2.24, 2.45) is 0 Å². The molecule has 2 aromatic heterocycles. The van der Waals surface area contributed by atoms with Gasteiger partial charge in [-0.2, -0.15) is 0 Å². The number of benzene rings is 2. The van der Waals surface area contributed by atoms with Gasteiger partial charge in [0.05, 0.1) is 5.52 Å². The molecule has 2 aromatic carbocycles. The van der Waals surface area contributed by atoms with Gasteiger partial charge in [-0.05, 0) is 49.0 Å². The van der Waals surface area contributed by atoms with Crippen LogP contribution in [0, 0.1) is 5.82 Å². The number of halogens is 2. The van der Waals surface area contributed by atoms with Gasteiger partial charge in [0.1, 0.15) is 17.2 Å². The Kier molecular flexibility index (Phi) is 4.57. The van der Waals surface area contributed by atoms with E-state index in [4.69, 9.17) is 11.6 Å². The highest BCUT2D eigenvalue weighted by Crippen LogP contribution is 2.32. The second kappa shape index (κ2) is 7.01. The van der Waals surface area contributed by atoms with Gasteiger partial charge in [0, 0.05) is 22.5 Å². The first-order chi connectivity index (χ1) is 12.7. The van der Waals surface area contributed by atoms with Crippen molar-refractivity contribution in [3.63, 3.8) is 0 Å². The van der Waals surface area contributed by atoms with Crippen LogP contribution in [-0.2, 0) is 6.54 Å². The molecule has 0 fully saturated rings. The molecule has 5 nitrogen and oxygen atoms in total. The number of aromatic nitrogens is 5. The Hall–Kier alpha value is -2.51. The third-order valence-corrected chi connectivity index (χ3v) is 5.10. The molecule has 0 N–H and O–H groups in total. The van der Waals surface area contributed by atoms with Crippen molar-refractivity contribution < 1.29 is 4.39 Å². The van der Waals surface area contributed by atoms with Crippen molar-refractivity contribution in [1.29, 1.82) is 0 Å². The maximum atomic E-state index is 13.7. The number of rotatable bonds is 4. The monoisotopic (exact) mass is 385 g/mol. The summed E-state index contributed by atoms with van der Waals surface area (Å²) in [4.78, 5) is 8.48. The van der Waals surface area contributed by atoms with Gasteiger partial charge in [0.2, 0.25) is 0 Å². The molecule has 2 heterocycles. The third-order valence-electron chi connectivity index (χ3n) is 3.86. The van der Waals surface area contributed by atoms with Crippen LogP contribution in [0.2, 0.25) is 5.02 Å². The van der Waals surface area contributed by atoms with Crippen LogP contribution in [0.1, 0.15) is 6.92 Å². The quantitative estimate of drug-likeness (QED) is 0.470. The molecule has 4 rings (SSSR count). The molecule has 4 aromatic rings. The molecule has 0 bridgehead atoms. The molecule has 0 amide bonds. The predicted octanol–water partition coefficient (Wildman–Crippen LogP) is 4.85. The fourth-order valence-corrected chi connectivity index (χ4v) is 3.81. The summed E-state index contributed by atoms with van der Waals surface area (Å²) in [5.74, 6) is 0.396. The van der Waals surface area contributed by atoms with Crippen molar-refractivity contribution in [3.05, 3.63) is 59.6 Å². The van der Waals surface area contributed by atoms with Gasteiger partial charge in [-0.1, -0.05) is 23.7 Å². The van der Waals surface area contributed by atoms with Crippen LogP contribution in [0.4, 0.5) is 4.39 Å². The standard InChI is InChI=1S/C18H13ClFN5S/c1-2-25-16(11-4-3-5-12(19)8-11)23-24-18(25)26-17-14-9-13(20)6-7-15(14)21-10-22-17/h3-10H,2H2,1H3. The molecule has 0 unspecified atom stereocenters. The van der Waals surface area contributed by atoms with Gasteiger partial charge < -0.3 is 4.57 Å². The highest BCUT2D eigenvalue weighted by atomic mass is 35.5. The molecule has 0 saturated heterocycles. The van der Waals surface area contributed by atoms with Crippen molar-refractivity contribution in [2.75, 3.05) is 0 Å². The summed E-state index contributed by atoms with van der Waals surface area (Å²) in [6.45, 7) is 2.69. The normalized spacial score (nSPS) is 11.2. The summed E-state index contributed by atoms with van der Waals surface area (Å²) in [7, 11) is 0. The fourth-order valence-electron chi connectivity index (χ4n) is 2.66. The predicted molar refractivity (Wildman–Crippen MR) is 99.8 cm³/mol. The van der Waals surface area contributed by atoms with E-state index in [0.717, 1.165) is 11.4 Å². The Morgan fingerprint density at radius 3 is 2.81 bits per heavy atom. The van der Waals surface area contributed by atoms with E-state index in [1.54, 1.807) is 6.07 Å². The second-order valence-corrected chi connectivity index (χ2v) is 6.90. The minimum Gasteiger partial charge on any atom is -0.302 e. The zero-order valence-electron chi connectivity index (χ0n) is 13.7. The SMILES string of the molecule is CCn1c(Sc2ncnc3ccc(F)cc23)nnc1-c1cccc(Cl)c1. The molecule has 0 aliphatic carbocycles. The van der Waals surface area contributed by atoms with Crippen LogP contribution in [0.15, 0.2) is 59.0 Å². The topological polar surface area (TPSA) is 56.5 Å². The first-order valence-electron chi connectivity index (χ1n) is 7.93. The van der Waals surface area contributed by atoms with Crippen LogP contribution < -0.4 is 0 Å². The molecule has 0 saturated carbocycles. The highest BCUT2D eigenvalue weighted by Gasteiger charge is 2.16. The van der Waals surface area contributed by atoms with Gasteiger partial charge in [-0.3, -0.25) is 0 Å². The lowest BCUT2D eigenvalue weighted by Crippen LogP contribution is -2.00. The largest absolute Gasteiger partial charge is 0.302 e. The highest BCUT2D eigenvalue weighted by molar-refractivity contribution is 7.99. The van der Waals surface area contributed by atoms with E-state index in [1.807, 2.05) is 35.8 Å². The van der Waals surface area contributed by atoms with E-state index >= 15 is 0 Å². The molecule has 0 atom stereocenters. The van der Waals surface area contributed by atoms with Crippen LogP contribution in [0.3, 0.4) is 0 Å². The van der Waals surface area contributed by atoms with Gasteiger partial charge in [-0.25, -0.2) is 14.4 Å². The van der Waals surface area contributed by atoms with Gasteiger partial charge in [0.15, 0.2) is 11.0 Å².